The zero-order chi connectivity index (χ0) is 11.0. The average molecular weight is 213 g/mol. The van der Waals surface area contributed by atoms with Crippen LogP contribution < -0.4 is 5.32 Å². The number of hydrogen-bond donors (Lipinski definition) is 1. The summed E-state index contributed by atoms with van der Waals surface area (Å²) in [6.45, 7) is 3.53. The van der Waals surface area contributed by atoms with E-state index in [4.69, 9.17) is 0 Å². The Balaban J connectivity index is 1.88. The Hall–Kier alpha value is -1.08. The molecule has 0 aromatic rings. The second-order valence-corrected chi connectivity index (χ2v) is 5.17. The molecule has 16 heavy (non-hydrogen) atoms. The minimum Gasteiger partial charge on any atom is -0.307 e. The first kappa shape index (κ1) is 10.1. The SMILES string of the molecule is CC1(C2=CC=CC2)NCCC1C1=CC=CC1. The first-order chi connectivity index (χ1) is 7.81. The second-order valence-electron chi connectivity index (χ2n) is 5.17. The zero-order valence-electron chi connectivity index (χ0n) is 9.87. The van der Waals surface area contributed by atoms with Crippen LogP contribution in [0.2, 0.25) is 0 Å². The van der Waals surface area contributed by atoms with E-state index >= 15 is 0 Å². The van der Waals surface area contributed by atoms with E-state index in [2.05, 4.69) is 48.7 Å². The van der Waals surface area contributed by atoms with Crippen LogP contribution in [0.25, 0.3) is 0 Å². The number of nitrogens with one attached hydrogen (secondary N) is 1. The molecule has 0 amide bonds. The summed E-state index contributed by atoms with van der Waals surface area (Å²) in [5, 5.41) is 3.72. The summed E-state index contributed by atoms with van der Waals surface area (Å²) in [5.41, 5.74) is 3.37. The van der Waals surface area contributed by atoms with E-state index < -0.39 is 0 Å². The molecule has 3 aliphatic rings. The van der Waals surface area contributed by atoms with E-state index in [9.17, 15) is 0 Å². The van der Waals surface area contributed by atoms with Crippen LogP contribution in [0.5, 0.6) is 0 Å². The molecule has 0 spiro atoms. The maximum Gasteiger partial charge on any atom is 0.0438 e. The Morgan fingerprint density at radius 1 is 1.19 bits per heavy atom. The Kier molecular flexibility index (Phi) is 2.36. The van der Waals surface area contributed by atoms with E-state index in [0.717, 1.165) is 19.4 Å². The van der Waals surface area contributed by atoms with Gasteiger partial charge in [-0.05, 0) is 38.3 Å². The lowest BCUT2D eigenvalue weighted by Crippen LogP contribution is -2.43. The molecule has 84 valence electrons. The van der Waals surface area contributed by atoms with Gasteiger partial charge >= 0.3 is 0 Å². The largest absolute Gasteiger partial charge is 0.307 e. The fourth-order valence-corrected chi connectivity index (χ4v) is 3.34. The minimum atomic E-state index is 0.196. The molecule has 1 aliphatic heterocycles. The van der Waals surface area contributed by atoms with E-state index in [-0.39, 0.29) is 5.54 Å². The van der Waals surface area contributed by atoms with Crippen molar-refractivity contribution in [1.29, 1.82) is 0 Å². The maximum atomic E-state index is 3.72. The van der Waals surface area contributed by atoms with Gasteiger partial charge in [0.15, 0.2) is 0 Å². The lowest BCUT2D eigenvalue weighted by Gasteiger charge is -2.34. The van der Waals surface area contributed by atoms with E-state index in [1.165, 1.54) is 6.42 Å². The summed E-state index contributed by atoms with van der Waals surface area (Å²) in [5.74, 6) is 0.689. The van der Waals surface area contributed by atoms with Crippen molar-refractivity contribution in [1.82, 2.24) is 5.32 Å². The lowest BCUT2D eigenvalue weighted by atomic mass is 9.76. The maximum absolute atomic E-state index is 3.72. The Labute approximate surface area is 97.6 Å². The van der Waals surface area contributed by atoms with Crippen molar-refractivity contribution in [2.45, 2.75) is 31.7 Å². The highest BCUT2D eigenvalue weighted by Gasteiger charge is 2.42. The quantitative estimate of drug-likeness (QED) is 0.743. The van der Waals surface area contributed by atoms with Gasteiger partial charge in [-0.1, -0.05) is 42.0 Å². The monoisotopic (exact) mass is 213 g/mol. The molecular weight excluding hydrogens is 194 g/mol. The van der Waals surface area contributed by atoms with Crippen molar-refractivity contribution < 1.29 is 0 Å². The molecule has 1 heteroatoms. The number of rotatable bonds is 2. The third-order valence-corrected chi connectivity index (χ3v) is 4.31. The normalized spacial score (nSPS) is 36.9. The molecule has 2 atom stereocenters. The van der Waals surface area contributed by atoms with Crippen molar-refractivity contribution in [3.63, 3.8) is 0 Å². The predicted octanol–water partition coefficient (Wildman–Crippen LogP) is 3.13. The predicted molar refractivity (Wildman–Crippen MR) is 68.2 cm³/mol. The lowest BCUT2D eigenvalue weighted by molar-refractivity contribution is 0.393. The first-order valence-electron chi connectivity index (χ1n) is 6.27. The molecule has 1 fully saturated rings. The molecule has 2 unspecified atom stereocenters. The summed E-state index contributed by atoms with van der Waals surface area (Å²) in [6, 6.07) is 0. The summed E-state index contributed by atoms with van der Waals surface area (Å²) in [4.78, 5) is 0. The Morgan fingerprint density at radius 3 is 2.69 bits per heavy atom. The van der Waals surface area contributed by atoms with E-state index in [1.54, 1.807) is 11.1 Å². The summed E-state index contributed by atoms with van der Waals surface area (Å²) in [7, 11) is 0. The van der Waals surface area contributed by atoms with Crippen molar-refractivity contribution >= 4 is 0 Å². The van der Waals surface area contributed by atoms with Crippen molar-refractivity contribution in [3.8, 4) is 0 Å². The molecule has 1 nitrogen and oxygen atoms in total. The molecule has 0 bridgehead atoms. The van der Waals surface area contributed by atoms with Crippen LogP contribution in [0, 0.1) is 5.92 Å². The van der Waals surface area contributed by atoms with Crippen LogP contribution >= 0.6 is 0 Å². The van der Waals surface area contributed by atoms with Gasteiger partial charge in [-0.3, -0.25) is 0 Å². The van der Waals surface area contributed by atoms with Gasteiger partial charge in [0.1, 0.15) is 0 Å². The molecule has 0 radical (unpaired) electrons. The van der Waals surface area contributed by atoms with Gasteiger partial charge in [-0.2, -0.15) is 0 Å². The van der Waals surface area contributed by atoms with Crippen LogP contribution in [0.15, 0.2) is 47.6 Å². The minimum absolute atomic E-state index is 0.196. The van der Waals surface area contributed by atoms with Gasteiger partial charge in [-0.15, -0.1) is 0 Å². The van der Waals surface area contributed by atoms with Gasteiger partial charge in [0.25, 0.3) is 0 Å². The molecule has 1 heterocycles. The summed E-state index contributed by atoms with van der Waals surface area (Å²) < 4.78 is 0. The topological polar surface area (TPSA) is 12.0 Å². The van der Waals surface area contributed by atoms with Crippen molar-refractivity contribution in [2.24, 2.45) is 5.92 Å². The molecule has 0 aromatic carbocycles. The van der Waals surface area contributed by atoms with Crippen LogP contribution in [0.3, 0.4) is 0 Å². The van der Waals surface area contributed by atoms with E-state index in [1.807, 2.05) is 0 Å². The third-order valence-electron chi connectivity index (χ3n) is 4.31. The van der Waals surface area contributed by atoms with Gasteiger partial charge < -0.3 is 5.32 Å². The Morgan fingerprint density at radius 2 is 2.00 bits per heavy atom. The fourth-order valence-electron chi connectivity index (χ4n) is 3.34. The van der Waals surface area contributed by atoms with Gasteiger partial charge in [-0.25, -0.2) is 0 Å². The standard InChI is InChI=1S/C15H19N/c1-15(13-8-4-5-9-13)14(10-11-16-15)12-6-2-3-7-12/h2-6,8,14,16H,7,9-11H2,1H3. The van der Waals surface area contributed by atoms with Crippen molar-refractivity contribution in [3.05, 3.63) is 47.6 Å². The third kappa shape index (κ3) is 1.42. The van der Waals surface area contributed by atoms with Crippen molar-refractivity contribution in [2.75, 3.05) is 6.54 Å². The highest BCUT2D eigenvalue weighted by Crippen LogP contribution is 2.42. The van der Waals surface area contributed by atoms with Crippen LogP contribution in [0.4, 0.5) is 0 Å². The molecule has 0 aromatic heterocycles. The highest BCUT2D eigenvalue weighted by molar-refractivity contribution is 5.39. The van der Waals surface area contributed by atoms with Crippen LogP contribution in [0.1, 0.15) is 26.2 Å². The molecule has 2 aliphatic carbocycles. The molecule has 3 rings (SSSR count). The number of hydrogen-bond acceptors (Lipinski definition) is 1. The molecule has 1 saturated heterocycles. The summed E-state index contributed by atoms with van der Waals surface area (Å²) >= 11 is 0. The number of allylic oxidation sites excluding steroid dienone is 6. The molecular formula is C15H19N. The van der Waals surface area contributed by atoms with Crippen LogP contribution in [-0.2, 0) is 0 Å². The smallest absolute Gasteiger partial charge is 0.0438 e. The van der Waals surface area contributed by atoms with Crippen LogP contribution in [-0.4, -0.2) is 12.1 Å². The second kappa shape index (κ2) is 3.74. The van der Waals surface area contributed by atoms with E-state index in [0.29, 0.717) is 5.92 Å². The summed E-state index contributed by atoms with van der Waals surface area (Å²) in [6.07, 6.45) is 17.1. The fraction of sp³-hybridized carbons (Fsp3) is 0.467. The van der Waals surface area contributed by atoms with Gasteiger partial charge in [0, 0.05) is 11.5 Å². The average Bonchev–Trinajstić information content (AvgIpc) is 2.99. The first-order valence-corrected chi connectivity index (χ1v) is 6.27. The van der Waals surface area contributed by atoms with Gasteiger partial charge in [0.2, 0.25) is 0 Å². The molecule has 1 N–H and O–H groups in total. The highest BCUT2D eigenvalue weighted by atomic mass is 15.0. The van der Waals surface area contributed by atoms with Gasteiger partial charge in [0.05, 0.1) is 0 Å². The zero-order valence-corrected chi connectivity index (χ0v) is 9.87. The Bertz CT molecular complexity index is 411. The molecule has 0 saturated carbocycles.